The maximum absolute atomic E-state index is 9.86. The van der Waals surface area contributed by atoms with Gasteiger partial charge in [-0.1, -0.05) is 30.3 Å². The largest absolute Gasteiger partial charge is 0.333 e. The molecule has 26 heavy (non-hydrogen) atoms. The van der Waals surface area contributed by atoms with Crippen LogP contribution >= 0.6 is 0 Å². The molecule has 134 valence electrons. The van der Waals surface area contributed by atoms with Crippen LogP contribution in [0.3, 0.4) is 0 Å². The number of aromatic nitrogens is 1. The van der Waals surface area contributed by atoms with E-state index in [0.29, 0.717) is 0 Å². The SMILES string of the molecule is C[NH+]1CCc2c(C#N)c(NCc3ccccc3)[nH+]c(N3CCCC3)c2C1. The lowest BCUT2D eigenvalue weighted by atomic mass is 9.95. The molecule has 3 N–H and O–H groups in total. The lowest BCUT2D eigenvalue weighted by molar-refractivity contribution is -0.895. The summed E-state index contributed by atoms with van der Waals surface area (Å²) in [7, 11) is 2.24. The normalized spacial score (nSPS) is 19.1. The molecule has 1 fully saturated rings. The number of rotatable bonds is 4. The van der Waals surface area contributed by atoms with Crippen LogP contribution < -0.4 is 20.1 Å². The summed E-state index contributed by atoms with van der Waals surface area (Å²) in [6, 6.07) is 12.8. The highest BCUT2D eigenvalue weighted by atomic mass is 15.2. The summed E-state index contributed by atoms with van der Waals surface area (Å²) in [6.07, 6.45) is 3.47. The number of aromatic amines is 1. The standard InChI is InChI=1S/C21H25N5/c1-25-12-9-17-18(13-22)20(23-14-16-7-3-2-4-8-16)24-21(19(17)15-25)26-10-5-6-11-26/h2-4,7-8H,5-6,9-12,14-15H2,1H3,(H,23,24)/p+2. The van der Waals surface area contributed by atoms with Crippen molar-refractivity contribution in [3.05, 3.63) is 52.6 Å². The van der Waals surface area contributed by atoms with E-state index in [1.807, 2.05) is 18.2 Å². The van der Waals surface area contributed by atoms with Gasteiger partial charge in [-0.25, -0.2) is 4.98 Å². The van der Waals surface area contributed by atoms with Crippen LogP contribution in [0.1, 0.15) is 35.1 Å². The summed E-state index contributed by atoms with van der Waals surface area (Å²) < 4.78 is 0. The maximum atomic E-state index is 9.86. The number of benzene rings is 1. The van der Waals surface area contributed by atoms with E-state index < -0.39 is 0 Å². The van der Waals surface area contributed by atoms with Crippen LogP contribution in [-0.2, 0) is 19.5 Å². The van der Waals surface area contributed by atoms with Crippen LogP contribution in [0.4, 0.5) is 11.6 Å². The Labute approximate surface area is 155 Å². The molecule has 1 aromatic heterocycles. The number of fused-ring (bicyclic) bond motifs is 1. The Morgan fingerprint density at radius 3 is 2.69 bits per heavy atom. The zero-order chi connectivity index (χ0) is 17.9. The maximum Gasteiger partial charge on any atom is 0.237 e. The van der Waals surface area contributed by atoms with Gasteiger partial charge in [0.2, 0.25) is 11.6 Å². The van der Waals surface area contributed by atoms with Gasteiger partial charge in [-0.2, -0.15) is 5.26 Å². The average Bonchev–Trinajstić information content (AvgIpc) is 3.20. The van der Waals surface area contributed by atoms with Gasteiger partial charge in [0.1, 0.15) is 18.2 Å². The number of nitriles is 1. The van der Waals surface area contributed by atoms with Crippen molar-refractivity contribution in [1.29, 1.82) is 5.26 Å². The third kappa shape index (κ3) is 3.25. The van der Waals surface area contributed by atoms with Crippen molar-refractivity contribution in [2.24, 2.45) is 0 Å². The van der Waals surface area contributed by atoms with Crippen LogP contribution in [0, 0.1) is 11.3 Å². The minimum atomic E-state index is 0.718. The molecule has 2 aliphatic heterocycles. The Morgan fingerprint density at radius 1 is 1.19 bits per heavy atom. The third-order valence-corrected chi connectivity index (χ3v) is 5.57. The molecule has 2 aliphatic rings. The predicted molar refractivity (Wildman–Crippen MR) is 102 cm³/mol. The number of quaternary nitrogens is 1. The first-order chi connectivity index (χ1) is 12.8. The zero-order valence-electron chi connectivity index (χ0n) is 15.4. The Kier molecular flexibility index (Phi) is 4.77. The van der Waals surface area contributed by atoms with Gasteiger partial charge < -0.3 is 10.2 Å². The van der Waals surface area contributed by atoms with Crippen molar-refractivity contribution < 1.29 is 9.88 Å². The Hall–Kier alpha value is -2.58. The van der Waals surface area contributed by atoms with Gasteiger partial charge in [0.25, 0.3) is 0 Å². The van der Waals surface area contributed by atoms with Gasteiger partial charge in [-0.05, 0) is 24.0 Å². The van der Waals surface area contributed by atoms with E-state index in [9.17, 15) is 5.26 Å². The van der Waals surface area contributed by atoms with Crippen molar-refractivity contribution in [2.75, 3.05) is 36.9 Å². The van der Waals surface area contributed by atoms with Gasteiger partial charge in [-0.15, -0.1) is 0 Å². The number of nitrogens with zero attached hydrogens (tertiary/aromatic N) is 2. The number of hydrogen-bond donors (Lipinski definition) is 2. The fourth-order valence-electron chi connectivity index (χ4n) is 4.15. The molecule has 5 nitrogen and oxygen atoms in total. The molecule has 1 saturated heterocycles. The molecule has 2 aromatic rings. The molecule has 0 radical (unpaired) electrons. The second-order valence-corrected chi connectivity index (χ2v) is 7.46. The molecule has 5 heteroatoms. The average molecular weight is 349 g/mol. The fraction of sp³-hybridized carbons (Fsp3) is 0.429. The van der Waals surface area contributed by atoms with E-state index >= 15 is 0 Å². The second-order valence-electron chi connectivity index (χ2n) is 7.46. The Balaban J connectivity index is 1.73. The highest BCUT2D eigenvalue weighted by molar-refractivity contribution is 5.61. The first-order valence-corrected chi connectivity index (χ1v) is 9.61. The first kappa shape index (κ1) is 16.9. The van der Waals surface area contributed by atoms with Crippen LogP contribution in [0.5, 0.6) is 0 Å². The number of hydrogen-bond acceptors (Lipinski definition) is 3. The lowest BCUT2D eigenvalue weighted by Crippen LogP contribution is -3.08. The zero-order valence-corrected chi connectivity index (χ0v) is 15.4. The highest BCUT2D eigenvalue weighted by Crippen LogP contribution is 2.29. The van der Waals surface area contributed by atoms with Crippen LogP contribution in [0.25, 0.3) is 0 Å². The van der Waals surface area contributed by atoms with Crippen molar-refractivity contribution in [3.63, 3.8) is 0 Å². The molecule has 0 aliphatic carbocycles. The van der Waals surface area contributed by atoms with Crippen molar-refractivity contribution in [1.82, 2.24) is 0 Å². The number of H-pyrrole nitrogens is 1. The minimum absolute atomic E-state index is 0.718. The molecule has 3 heterocycles. The molecule has 1 aromatic carbocycles. The molecule has 0 amide bonds. The number of anilines is 2. The van der Waals surface area contributed by atoms with Gasteiger partial charge in [0.05, 0.1) is 38.8 Å². The topological polar surface area (TPSA) is 57.6 Å². The van der Waals surface area contributed by atoms with Crippen LogP contribution in [0.2, 0.25) is 0 Å². The van der Waals surface area contributed by atoms with Gasteiger partial charge >= 0.3 is 0 Å². The van der Waals surface area contributed by atoms with E-state index in [0.717, 1.165) is 50.5 Å². The molecular formula is C21H27N5+2. The monoisotopic (exact) mass is 349 g/mol. The lowest BCUT2D eigenvalue weighted by Gasteiger charge is -2.26. The van der Waals surface area contributed by atoms with Gasteiger partial charge in [0.15, 0.2) is 0 Å². The predicted octanol–water partition coefficient (Wildman–Crippen LogP) is 1.16. The fourth-order valence-corrected chi connectivity index (χ4v) is 4.15. The van der Waals surface area contributed by atoms with Crippen molar-refractivity contribution in [2.45, 2.75) is 32.4 Å². The molecule has 0 bridgehead atoms. The molecule has 0 saturated carbocycles. The van der Waals surface area contributed by atoms with E-state index in [1.165, 1.54) is 40.2 Å². The summed E-state index contributed by atoms with van der Waals surface area (Å²) in [5.41, 5.74) is 4.60. The Morgan fingerprint density at radius 2 is 1.96 bits per heavy atom. The highest BCUT2D eigenvalue weighted by Gasteiger charge is 2.32. The van der Waals surface area contributed by atoms with E-state index in [2.05, 4.69) is 40.5 Å². The van der Waals surface area contributed by atoms with Crippen molar-refractivity contribution >= 4 is 11.6 Å². The van der Waals surface area contributed by atoms with Crippen LogP contribution in [-0.4, -0.2) is 26.7 Å². The number of nitrogens with one attached hydrogen (secondary N) is 3. The van der Waals surface area contributed by atoms with Gasteiger partial charge in [-0.3, -0.25) is 4.90 Å². The van der Waals surface area contributed by atoms with Crippen molar-refractivity contribution in [3.8, 4) is 6.07 Å². The van der Waals surface area contributed by atoms with Gasteiger partial charge in [0, 0.05) is 6.42 Å². The molecule has 1 unspecified atom stereocenters. The van der Waals surface area contributed by atoms with E-state index in [4.69, 9.17) is 0 Å². The first-order valence-electron chi connectivity index (χ1n) is 9.61. The quantitative estimate of drug-likeness (QED) is 0.871. The summed E-state index contributed by atoms with van der Waals surface area (Å²) in [5, 5.41) is 13.4. The van der Waals surface area contributed by atoms with Crippen LogP contribution in [0.15, 0.2) is 30.3 Å². The summed E-state index contributed by atoms with van der Waals surface area (Å²) in [4.78, 5) is 7.58. The molecular weight excluding hydrogens is 322 g/mol. The Bertz CT molecular complexity index is 819. The smallest absolute Gasteiger partial charge is 0.237 e. The number of pyridine rings is 1. The molecule has 0 spiro atoms. The number of likely N-dealkylation sites (N-methyl/N-ethyl adjacent to an activating group) is 1. The summed E-state index contributed by atoms with van der Waals surface area (Å²) >= 11 is 0. The summed E-state index contributed by atoms with van der Waals surface area (Å²) in [5.74, 6) is 2.10. The van der Waals surface area contributed by atoms with E-state index in [1.54, 1.807) is 0 Å². The molecule has 1 atom stereocenters. The van der Waals surface area contributed by atoms with E-state index in [-0.39, 0.29) is 0 Å². The second kappa shape index (κ2) is 7.35. The summed E-state index contributed by atoms with van der Waals surface area (Å²) in [6.45, 7) is 5.00. The minimum Gasteiger partial charge on any atom is -0.333 e. The third-order valence-electron chi connectivity index (χ3n) is 5.57. The molecule has 4 rings (SSSR count).